The molecule has 0 saturated carbocycles. The van der Waals surface area contributed by atoms with Crippen LogP contribution in [0.3, 0.4) is 0 Å². The van der Waals surface area contributed by atoms with Gasteiger partial charge in [-0.15, -0.1) is 0 Å². The Morgan fingerprint density at radius 3 is 2.45 bits per heavy atom. The number of nitrogens with one attached hydrogen (secondary N) is 3. The number of aryl methyl sites for hydroxylation is 1. The van der Waals surface area contributed by atoms with Crippen molar-refractivity contribution in [2.75, 3.05) is 22.3 Å². The summed E-state index contributed by atoms with van der Waals surface area (Å²) in [6.45, 7) is 4.30. The molecular formula is C29H30N8O3S2. The number of nitrogens with zero attached hydrogens (tertiary/aromatic N) is 4. The standard InChI is InChI=1S/C29H30N8O3S2/c1-3-31-28(38)36-29-35-25-13-20(12-23(26(25)41-29)24-10-9-18(2)14-32-24)21-15-33-27(34-16-21)37-42(39,40)17-22(30)11-19-7-5-4-6-8-19/h4-10,12-16,22H,3,11,17,30H2,1-2H3,(H,33,34,37)(H2,31,35,36,38). The molecule has 5 aromatic rings. The number of nitrogens with two attached hydrogens (primary N) is 1. The first-order valence-electron chi connectivity index (χ1n) is 13.2. The van der Waals surface area contributed by atoms with Gasteiger partial charge in [0.1, 0.15) is 0 Å². The van der Waals surface area contributed by atoms with Crippen LogP contribution in [0, 0.1) is 6.92 Å². The molecule has 3 aromatic heterocycles. The van der Waals surface area contributed by atoms with E-state index >= 15 is 0 Å². The molecule has 42 heavy (non-hydrogen) atoms. The quantitative estimate of drug-likeness (QED) is 0.180. The first kappa shape index (κ1) is 29.0. The van der Waals surface area contributed by atoms with Gasteiger partial charge in [-0.1, -0.05) is 47.7 Å². The largest absolute Gasteiger partial charge is 0.338 e. The summed E-state index contributed by atoms with van der Waals surface area (Å²) < 4.78 is 28.7. The highest BCUT2D eigenvalue weighted by Crippen LogP contribution is 2.38. The van der Waals surface area contributed by atoms with Gasteiger partial charge in [-0.05, 0) is 55.2 Å². The fourth-order valence-corrected chi connectivity index (χ4v) is 6.45. The van der Waals surface area contributed by atoms with E-state index in [-0.39, 0.29) is 17.7 Å². The van der Waals surface area contributed by atoms with E-state index in [1.54, 1.807) is 18.6 Å². The molecule has 0 aliphatic carbocycles. The van der Waals surface area contributed by atoms with Crippen LogP contribution in [0.5, 0.6) is 0 Å². The van der Waals surface area contributed by atoms with Gasteiger partial charge in [0.15, 0.2) is 5.13 Å². The Labute approximate surface area is 247 Å². The second-order valence-electron chi connectivity index (χ2n) is 9.72. The molecule has 3 heterocycles. The number of pyridine rings is 1. The first-order valence-corrected chi connectivity index (χ1v) is 15.7. The third-order valence-electron chi connectivity index (χ3n) is 6.24. The smallest absolute Gasteiger partial charge is 0.321 e. The zero-order valence-corrected chi connectivity index (χ0v) is 24.7. The van der Waals surface area contributed by atoms with Gasteiger partial charge in [-0.3, -0.25) is 15.0 Å². The lowest BCUT2D eigenvalue weighted by atomic mass is 10.0. The van der Waals surface area contributed by atoms with E-state index in [9.17, 15) is 13.2 Å². The van der Waals surface area contributed by atoms with Crippen LogP contribution in [-0.2, 0) is 16.4 Å². The topological polar surface area (TPSA) is 165 Å². The fourth-order valence-electron chi connectivity index (χ4n) is 4.34. The molecule has 13 heteroatoms. The number of hydrogen-bond acceptors (Lipinski definition) is 9. The van der Waals surface area contributed by atoms with E-state index in [0.29, 0.717) is 29.2 Å². The van der Waals surface area contributed by atoms with Gasteiger partial charge in [0.05, 0.1) is 21.7 Å². The van der Waals surface area contributed by atoms with Crippen LogP contribution in [0.25, 0.3) is 32.6 Å². The number of anilines is 2. The van der Waals surface area contributed by atoms with Crippen LogP contribution in [-0.4, -0.2) is 52.7 Å². The molecule has 2 aromatic carbocycles. The van der Waals surface area contributed by atoms with Gasteiger partial charge in [0.25, 0.3) is 0 Å². The van der Waals surface area contributed by atoms with Crippen molar-refractivity contribution in [3.05, 3.63) is 84.3 Å². The SMILES string of the molecule is CCNC(=O)Nc1nc2cc(-c3cnc(NS(=O)(=O)CC(N)Cc4ccccc4)nc3)cc(-c3ccc(C)cn3)c2s1. The molecule has 0 aliphatic heterocycles. The van der Waals surface area contributed by atoms with Crippen LogP contribution in [0.1, 0.15) is 18.1 Å². The minimum Gasteiger partial charge on any atom is -0.338 e. The summed E-state index contributed by atoms with van der Waals surface area (Å²) in [5, 5.41) is 5.93. The maximum absolute atomic E-state index is 12.7. The Balaban J connectivity index is 1.39. The van der Waals surface area contributed by atoms with Gasteiger partial charge < -0.3 is 11.1 Å². The highest BCUT2D eigenvalue weighted by molar-refractivity contribution is 7.92. The summed E-state index contributed by atoms with van der Waals surface area (Å²) >= 11 is 1.35. The number of carbonyl (C=O) groups excluding carboxylic acids is 1. The number of amides is 2. The molecule has 1 atom stereocenters. The number of thiazole rings is 1. The zero-order chi connectivity index (χ0) is 29.7. The van der Waals surface area contributed by atoms with Crippen molar-refractivity contribution in [2.45, 2.75) is 26.3 Å². The van der Waals surface area contributed by atoms with E-state index in [4.69, 9.17) is 5.73 Å². The average molecular weight is 603 g/mol. The van der Waals surface area contributed by atoms with Crippen molar-refractivity contribution >= 4 is 48.7 Å². The molecule has 0 fully saturated rings. The zero-order valence-electron chi connectivity index (χ0n) is 23.0. The Hall–Kier alpha value is -4.46. The highest BCUT2D eigenvalue weighted by atomic mass is 32.2. The number of urea groups is 1. The number of rotatable bonds is 10. The van der Waals surface area contributed by atoms with Crippen molar-refractivity contribution in [1.82, 2.24) is 25.3 Å². The Bertz CT molecular complexity index is 1790. The van der Waals surface area contributed by atoms with Gasteiger partial charge in [0, 0.05) is 42.3 Å². The lowest BCUT2D eigenvalue weighted by molar-refractivity contribution is 0.252. The van der Waals surface area contributed by atoms with E-state index in [1.165, 1.54) is 11.3 Å². The number of sulfonamides is 1. The van der Waals surface area contributed by atoms with Gasteiger partial charge in [-0.25, -0.2) is 28.2 Å². The lowest BCUT2D eigenvalue weighted by Gasteiger charge is -2.13. The second kappa shape index (κ2) is 12.6. The minimum absolute atomic E-state index is 0.0470. The monoisotopic (exact) mass is 602 g/mol. The number of carbonyl (C=O) groups is 1. The molecule has 5 rings (SSSR count). The molecule has 11 nitrogen and oxygen atoms in total. The maximum Gasteiger partial charge on any atom is 0.321 e. The summed E-state index contributed by atoms with van der Waals surface area (Å²) in [6, 6.07) is 16.3. The van der Waals surface area contributed by atoms with Crippen LogP contribution in [0.2, 0.25) is 0 Å². The number of aromatic nitrogens is 4. The molecule has 0 bridgehead atoms. The van der Waals surface area contributed by atoms with Crippen LogP contribution >= 0.6 is 11.3 Å². The third kappa shape index (κ3) is 7.24. The number of hydrogen-bond donors (Lipinski definition) is 4. The molecule has 216 valence electrons. The van der Waals surface area contributed by atoms with Crippen molar-refractivity contribution in [2.24, 2.45) is 5.73 Å². The van der Waals surface area contributed by atoms with E-state index in [1.807, 2.05) is 68.4 Å². The van der Waals surface area contributed by atoms with Crippen molar-refractivity contribution in [1.29, 1.82) is 0 Å². The summed E-state index contributed by atoms with van der Waals surface area (Å²) in [5.74, 6) is -0.318. The maximum atomic E-state index is 12.7. The van der Waals surface area contributed by atoms with Crippen molar-refractivity contribution in [3.63, 3.8) is 0 Å². The molecule has 0 radical (unpaired) electrons. The normalized spacial score (nSPS) is 12.2. The van der Waals surface area contributed by atoms with E-state index in [0.717, 1.165) is 32.6 Å². The fraction of sp³-hybridized carbons (Fsp3) is 0.207. The molecule has 2 amide bonds. The summed E-state index contributed by atoms with van der Waals surface area (Å²) in [5.41, 5.74) is 11.8. The minimum atomic E-state index is -3.77. The number of fused-ring (bicyclic) bond motifs is 1. The van der Waals surface area contributed by atoms with Crippen LogP contribution in [0.15, 0.2) is 73.2 Å². The second-order valence-corrected chi connectivity index (χ2v) is 12.5. The lowest BCUT2D eigenvalue weighted by Crippen LogP contribution is -2.34. The summed E-state index contributed by atoms with van der Waals surface area (Å²) in [6.07, 6.45) is 5.31. The molecule has 0 saturated heterocycles. The Morgan fingerprint density at radius 1 is 1.00 bits per heavy atom. The predicted octanol–water partition coefficient (Wildman–Crippen LogP) is 4.58. The Morgan fingerprint density at radius 2 is 1.76 bits per heavy atom. The van der Waals surface area contributed by atoms with Crippen LogP contribution in [0.4, 0.5) is 15.9 Å². The summed E-state index contributed by atoms with van der Waals surface area (Å²) in [7, 11) is -3.77. The van der Waals surface area contributed by atoms with Gasteiger partial charge in [0.2, 0.25) is 16.0 Å². The van der Waals surface area contributed by atoms with E-state index < -0.39 is 16.1 Å². The molecule has 0 aliphatic rings. The van der Waals surface area contributed by atoms with Gasteiger partial charge in [-0.2, -0.15) is 0 Å². The van der Waals surface area contributed by atoms with Crippen LogP contribution < -0.4 is 21.1 Å². The van der Waals surface area contributed by atoms with Gasteiger partial charge >= 0.3 is 6.03 Å². The highest BCUT2D eigenvalue weighted by Gasteiger charge is 2.19. The average Bonchev–Trinajstić information content (AvgIpc) is 3.35. The van der Waals surface area contributed by atoms with E-state index in [2.05, 4.69) is 35.3 Å². The van der Waals surface area contributed by atoms with Crippen molar-refractivity contribution in [3.8, 4) is 22.4 Å². The number of benzene rings is 2. The molecule has 0 spiro atoms. The molecule has 1 unspecified atom stereocenters. The first-order chi connectivity index (χ1) is 20.2. The molecule has 5 N–H and O–H groups in total. The third-order valence-corrected chi connectivity index (χ3v) is 8.62. The predicted molar refractivity (Wildman–Crippen MR) is 167 cm³/mol. The summed E-state index contributed by atoms with van der Waals surface area (Å²) in [4.78, 5) is 29.8. The van der Waals surface area contributed by atoms with Crippen molar-refractivity contribution < 1.29 is 13.2 Å². The molecular weight excluding hydrogens is 573 g/mol. The Kier molecular flexibility index (Phi) is 8.71.